The zero-order valence-corrected chi connectivity index (χ0v) is 17.1. The summed E-state index contributed by atoms with van der Waals surface area (Å²) in [6, 6.07) is 8.06. The maximum atomic E-state index is 5.91. The van der Waals surface area contributed by atoms with Crippen LogP contribution in [0.15, 0.2) is 33.8 Å². The van der Waals surface area contributed by atoms with E-state index in [0.29, 0.717) is 11.8 Å². The standard InChI is InChI=1S/C19H24N6O2S/c1-4-25-18(24-9-11-26-12-10-24)22-23-19(25)28-14(3)16-20-21-17(27-16)15-7-5-13(2)6-8-15/h5-8,14H,4,9-12H2,1-3H3/t14-/m0/s1. The van der Waals surface area contributed by atoms with E-state index < -0.39 is 0 Å². The van der Waals surface area contributed by atoms with Crippen LogP contribution in [0.5, 0.6) is 0 Å². The fourth-order valence-electron chi connectivity index (χ4n) is 3.06. The van der Waals surface area contributed by atoms with Crippen LogP contribution in [0, 0.1) is 6.92 Å². The van der Waals surface area contributed by atoms with E-state index in [1.165, 1.54) is 5.56 Å². The number of nitrogens with zero attached hydrogens (tertiary/aromatic N) is 6. The highest BCUT2D eigenvalue weighted by Gasteiger charge is 2.23. The van der Waals surface area contributed by atoms with Gasteiger partial charge in [0, 0.05) is 25.2 Å². The van der Waals surface area contributed by atoms with Gasteiger partial charge in [0.15, 0.2) is 5.16 Å². The number of aromatic nitrogens is 5. The van der Waals surface area contributed by atoms with Crippen LogP contribution in [0.3, 0.4) is 0 Å². The van der Waals surface area contributed by atoms with Crippen LogP contribution in [0.1, 0.15) is 30.6 Å². The average Bonchev–Trinajstić information content (AvgIpc) is 3.36. The highest BCUT2D eigenvalue weighted by molar-refractivity contribution is 7.99. The van der Waals surface area contributed by atoms with Crippen LogP contribution in [-0.4, -0.2) is 51.3 Å². The lowest BCUT2D eigenvalue weighted by molar-refractivity contribution is 0.121. The molecule has 1 fully saturated rings. The van der Waals surface area contributed by atoms with E-state index in [9.17, 15) is 0 Å². The Hall–Kier alpha value is -2.39. The molecule has 0 bridgehead atoms. The Balaban J connectivity index is 1.50. The number of hydrogen-bond donors (Lipinski definition) is 0. The van der Waals surface area contributed by atoms with Gasteiger partial charge in [-0.15, -0.1) is 20.4 Å². The Kier molecular flexibility index (Phi) is 5.63. The minimum absolute atomic E-state index is 0.0289. The molecule has 3 aromatic rings. The fraction of sp³-hybridized carbons (Fsp3) is 0.474. The van der Waals surface area contributed by atoms with Crippen molar-refractivity contribution in [1.29, 1.82) is 0 Å². The summed E-state index contributed by atoms with van der Waals surface area (Å²) in [6.07, 6.45) is 0. The first-order chi connectivity index (χ1) is 13.7. The molecule has 0 spiro atoms. The van der Waals surface area contributed by atoms with Crippen molar-refractivity contribution in [2.45, 2.75) is 37.7 Å². The van der Waals surface area contributed by atoms with Crippen LogP contribution in [0.2, 0.25) is 0 Å². The summed E-state index contributed by atoms with van der Waals surface area (Å²) < 4.78 is 13.5. The molecule has 0 saturated carbocycles. The van der Waals surface area contributed by atoms with Crippen LogP contribution in [0.4, 0.5) is 5.95 Å². The molecular weight excluding hydrogens is 376 g/mol. The number of ether oxygens (including phenoxy) is 1. The van der Waals surface area contributed by atoms with Gasteiger partial charge in [-0.1, -0.05) is 29.5 Å². The van der Waals surface area contributed by atoms with E-state index >= 15 is 0 Å². The smallest absolute Gasteiger partial charge is 0.247 e. The first-order valence-electron chi connectivity index (χ1n) is 9.48. The minimum atomic E-state index is -0.0289. The van der Waals surface area contributed by atoms with Crippen LogP contribution >= 0.6 is 11.8 Å². The second kappa shape index (κ2) is 8.32. The molecule has 28 heavy (non-hydrogen) atoms. The predicted octanol–water partition coefficient (Wildman–Crippen LogP) is 3.35. The first kappa shape index (κ1) is 18.9. The molecule has 1 aromatic carbocycles. The van der Waals surface area contributed by atoms with E-state index in [4.69, 9.17) is 9.15 Å². The van der Waals surface area contributed by atoms with Crippen LogP contribution in [-0.2, 0) is 11.3 Å². The molecule has 0 aliphatic carbocycles. The summed E-state index contributed by atoms with van der Waals surface area (Å²) in [5.74, 6) is 2.01. The summed E-state index contributed by atoms with van der Waals surface area (Å²) in [5.41, 5.74) is 2.12. The van der Waals surface area contributed by atoms with Crippen molar-refractivity contribution >= 4 is 17.7 Å². The predicted molar refractivity (Wildman–Crippen MR) is 107 cm³/mol. The molecule has 9 heteroatoms. The third kappa shape index (κ3) is 3.90. The van der Waals surface area contributed by atoms with E-state index in [1.807, 2.05) is 31.2 Å². The molecule has 1 aliphatic heterocycles. The number of benzene rings is 1. The van der Waals surface area contributed by atoms with E-state index in [2.05, 4.69) is 43.7 Å². The Morgan fingerprint density at radius 1 is 1.07 bits per heavy atom. The quantitative estimate of drug-likeness (QED) is 0.583. The monoisotopic (exact) mass is 400 g/mol. The first-order valence-corrected chi connectivity index (χ1v) is 10.4. The molecule has 0 N–H and O–H groups in total. The van der Waals surface area contributed by atoms with Crippen molar-refractivity contribution in [2.24, 2.45) is 0 Å². The third-order valence-corrected chi connectivity index (χ3v) is 5.74. The van der Waals surface area contributed by atoms with Gasteiger partial charge in [0.1, 0.15) is 0 Å². The zero-order valence-electron chi connectivity index (χ0n) is 16.3. The van der Waals surface area contributed by atoms with Gasteiger partial charge < -0.3 is 14.1 Å². The lowest BCUT2D eigenvalue weighted by Crippen LogP contribution is -2.38. The summed E-state index contributed by atoms with van der Waals surface area (Å²) in [5, 5.41) is 18.1. The Labute approximate surface area is 168 Å². The Morgan fingerprint density at radius 3 is 2.54 bits per heavy atom. The number of rotatable bonds is 6. The van der Waals surface area contributed by atoms with Gasteiger partial charge in [-0.05, 0) is 32.9 Å². The molecule has 4 rings (SSSR count). The SMILES string of the molecule is CCn1c(S[C@@H](C)c2nnc(-c3ccc(C)cc3)o2)nnc1N1CCOCC1. The zero-order chi connectivity index (χ0) is 19.5. The van der Waals surface area contributed by atoms with E-state index in [-0.39, 0.29) is 5.25 Å². The minimum Gasteiger partial charge on any atom is -0.419 e. The fourth-order valence-corrected chi connectivity index (χ4v) is 4.00. The van der Waals surface area contributed by atoms with Gasteiger partial charge >= 0.3 is 0 Å². The molecular formula is C19H24N6O2S. The van der Waals surface area contributed by atoms with Crippen molar-refractivity contribution < 1.29 is 9.15 Å². The van der Waals surface area contributed by atoms with E-state index in [1.54, 1.807) is 11.8 Å². The van der Waals surface area contributed by atoms with Crippen molar-refractivity contribution in [2.75, 3.05) is 31.2 Å². The van der Waals surface area contributed by atoms with Crippen LogP contribution in [0.25, 0.3) is 11.5 Å². The second-order valence-electron chi connectivity index (χ2n) is 6.70. The summed E-state index contributed by atoms with van der Waals surface area (Å²) >= 11 is 1.58. The van der Waals surface area contributed by atoms with Gasteiger partial charge in [-0.2, -0.15) is 0 Å². The van der Waals surface area contributed by atoms with Crippen molar-refractivity contribution in [3.05, 3.63) is 35.7 Å². The molecule has 148 valence electrons. The molecule has 1 atom stereocenters. The highest BCUT2D eigenvalue weighted by atomic mass is 32.2. The molecule has 1 aliphatic rings. The lowest BCUT2D eigenvalue weighted by Gasteiger charge is -2.27. The summed E-state index contributed by atoms with van der Waals surface area (Å²) in [4.78, 5) is 2.22. The lowest BCUT2D eigenvalue weighted by atomic mass is 10.1. The molecule has 0 unspecified atom stereocenters. The maximum absolute atomic E-state index is 5.91. The molecule has 0 radical (unpaired) electrons. The van der Waals surface area contributed by atoms with Gasteiger partial charge in [-0.25, -0.2) is 0 Å². The van der Waals surface area contributed by atoms with Crippen molar-refractivity contribution in [1.82, 2.24) is 25.0 Å². The number of thioether (sulfide) groups is 1. The number of anilines is 1. The van der Waals surface area contributed by atoms with Gasteiger partial charge in [0.25, 0.3) is 0 Å². The van der Waals surface area contributed by atoms with Gasteiger partial charge in [0.2, 0.25) is 17.7 Å². The normalized spacial score (nSPS) is 15.8. The van der Waals surface area contributed by atoms with Gasteiger partial charge in [0.05, 0.1) is 18.5 Å². The largest absolute Gasteiger partial charge is 0.419 e. The maximum Gasteiger partial charge on any atom is 0.247 e. The number of aryl methyl sites for hydroxylation is 1. The third-order valence-electron chi connectivity index (χ3n) is 4.68. The summed E-state index contributed by atoms with van der Waals surface area (Å²) in [7, 11) is 0. The molecule has 2 aromatic heterocycles. The van der Waals surface area contributed by atoms with Crippen molar-refractivity contribution in [3.63, 3.8) is 0 Å². The van der Waals surface area contributed by atoms with E-state index in [0.717, 1.165) is 49.5 Å². The second-order valence-corrected chi connectivity index (χ2v) is 8.01. The summed E-state index contributed by atoms with van der Waals surface area (Å²) in [6.45, 7) is 10.1. The molecule has 3 heterocycles. The van der Waals surface area contributed by atoms with Gasteiger partial charge in [-0.3, -0.25) is 4.57 Å². The Bertz CT molecular complexity index is 917. The molecule has 0 amide bonds. The molecule has 1 saturated heterocycles. The average molecular weight is 401 g/mol. The van der Waals surface area contributed by atoms with Crippen molar-refractivity contribution in [3.8, 4) is 11.5 Å². The van der Waals surface area contributed by atoms with Crippen LogP contribution < -0.4 is 4.90 Å². The Morgan fingerprint density at radius 2 is 1.82 bits per heavy atom. The number of morpholine rings is 1. The highest BCUT2D eigenvalue weighted by Crippen LogP contribution is 2.35. The molecule has 8 nitrogen and oxygen atoms in total. The number of hydrogen-bond acceptors (Lipinski definition) is 8. The topological polar surface area (TPSA) is 82.1 Å².